The molecule has 12 heterocycles. The van der Waals surface area contributed by atoms with Crippen LogP contribution in [-0.4, -0.2) is 115 Å². The van der Waals surface area contributed by atoms with Crippen molar-refractivity contribution in [3.8, 4) is 46.1 Å². The van der Waals surface area contributed by atoms with Crippen LogP contribution in [0.25, 0.3) is 88.8 Å². The van der Waals surface area contributed by atoms with Gasteiger partial charge >= 0.3 is 68.3 Å². The molecule has 0 bridgehead atoms. The summed E-state index contributed by atoms with van der Waals surface area (Å²) < 4.78 is 0. The van der Waals surface area contributed by atoms with E-state index in [2.05, 4.69) is 122 Å². The van der Waals surface area contributed by atoms with Gasteiger partial charge in [0.25, 0.3) is 0 Å². The number of amidine groups is 4. The standard InChI is InChI=1S/2C12H11N6.4C8H7N4.4Mn.2N3.2H2O/c2*13-11(9-5-1-3-7-15-9)17-18-12(14)10-6-2-4-8-16-10;4*1-6-10-8(12-11-6)7-4-2-3-5-9-7;;;;;2*1-3-2;;/h2*1-8H,(H3-,13,14,17,18);4*2-5H,1H3;;;;;;;2*1H2/q6*-1;4*+2;2*-1;;. The summed E-state index contributed by atoms with van der Waals surface area (Å²) in [4.78, 5) is 51.7. The second-order valence-corrected chi connectivity index (χ2v) is 16.5. The largest absolute Gasteiger partial charge is 2.00 e. The third-order valence-corrected chi connectivity index (χ3v) is 10.0. The van der Waals surface area contributed by atoms with Gasteiger partial charge in [-0.15, -0.1) is 0 Å². The van der Waals surface area contributed by atoms with Gasteiger partial charge in [-0.3, -0.25) is 59.9 Å². The number of nitrogens with two attached hydrogens (primary N) is 2. The smallest absolute Gasteiger partial charge is 0.462 e. The van der Waals surface area contributed by atoms with E-state index in [1.54, 1.807) is 150 Å². The molecule has 0 fully saturated rings. The maximum Gasteiger partial charge on any atom is 2.00 e. The summed E-state index contributed by atoms with van der Waals surface area (Å²) >= 11 is 0. The van der Waals surface area contributed by atoms with Gasteiger partial charge in [-0.1, -0.05) is 48.5 Å². The molecule has 0 aliphatic carbocycles. The molecule has 0 unspecified atom stereocenters. The van der Waals surface area contributed by atoms with Gasteiger partial charge in [0.2, 0.25) is 0 Å². The van der Waals surface area contributed by atoms with Crippen LogP contribution in [0.3, 0.4) is 0 Å². The van der Waals surface area contributed by atoms with Crippen LogP contribution in [0.2, 0.25) is 0 Å². The Morgan fingerprint density at radius 3 is 0.833 bits per heavy atom. The first-order valence-corrected chi connectivity index (χ1v) is 25.8. The zero-order chi connectivity index (χ0) is 64.6. The Morgan fingerprint density at radius 1 is 0.375 bits per heavy atom. The van der Waals surface area contributed by atoms with Gasteiger partial charge in [-0.25, -0.2) is 10.2 Å². The third-order valence-electron chi connectivity index (χ3n) is 10.0. The van der Waals surface area contributed by atoms with E-state index < -0.39 is 0 Å². The molecule has 10 N–H and O–H groups in total. The van der Waals surface area contributed by atoms with Crippen molar-refractivity contribution in [2.75, 3.05) is 0 Å². The summed E-state index contributed by atoms with van der Waals surface area (Å²) in [6, 6.07) is 43.3. The number of pyridine rings is 8. The van der Waals surface area contributed by atoms with Gasteiger partial charge in [-0.2, -0.15) is 0 Å². The zero-order valence-corrected chi connectivity index (χ0v) is 55.3. The fourth-order valence-electron chi connectivity index (χ4n) is 6.17. The van der Waals surface area contributed by atoms with Gasteiger partial charge in [-0.05, 0) is 160 Å². The maximum atomic E-state index is 9.68. The summed E-state index contributed by atoms with van der Waals surface area (Å²) in [5.74, 6) is 5.08. The molecule has 96 heavy (non-hydrogen) atoms. The van der Waals surface area contributed by atoms with Crippen molar-refractivity contribution in [3.63, 3.8) is 0 Å². The van der Waals surface area contributed by atoms with E-state index in [1.165, 1.54) is 9.82 Å². The van der Waals surface area contributed by atoms with Crippen molar-refractivity contribution in [2.45, 2.75) is 27.7 Å². The van der Waals surface area contributed by atoms with Gasteiger partial charge in [0.05, 0.1) is 34.2 Å². The van der Waals surface area contributed by atoms with Gasteiger partial charge < -0.3 is 117 Å². The van der Waals surface area contributed by atoms with Gasteiger partial charge in [0.15, 0.2) is 0 Å². The normalized spacial score (nSPS) is 9.33. The molecular formula is C56H54Mn4N34O2. The number of hydrazone groups is 2. The maximum absolute atomic E-state index is 9.68. The number of hydrogen-bond acceptors (Lipinski definition) is 18. The Hall–Kier alpha value is -11.7. The molecule has 0 saturated heterocycles. The van der Waals surface area contributed by atoms with E-state index in [9.17, 15) is 10.8 Å². The third kappa shape index (κ3) is 32.0. The van der Waals surface area contributed by atoms with Crippen molar-refractivity contribution in [2.24, 2.45) is 21.7 Å². The van der Waals surface area contributed by atoms with E-state index in [-0.39, 0.29) is 103 Å². The molecule has 0 saturated carbocycles. The quantitative estimate of drug-likeness (QED) is 0.0274. The minimum absolute atomic E-state index is 0. The molecule has 12 aromatic heterocycles. The van der Waals surface area contributed by atoms with E-state index in [1.807, 2.05) is 72.8 Å². The minimum atomic E-state index is -0.172. The Labute approximate surface area is 589 Å². The second kappa shape index (κ2) is 49.9. The summed E-state index contributed by atoms with van der Waals surface area (Å²) in [7, 11) is 0. The minimum Gasteiger partial charge on any atom is -0.462 e. The number of rotatable bonds is 10. The Kier molecular flexibility index (Phi) is 44.9. The predicted octanol–water partition coefficient (Wildman–Crippen LogP) is 4.70. The number of aromatic nitrogens is 20. The van der Waals surface area contributed by atoms with Crippen LogP contribution in [0.15, 0.2) is 205 Å². The van der Waals surface area contributed by atoms with Crippen LogP contribution in [0.5, 0.6) is 0 Å². The molecule has 0 atom stereocenters. The average molecular weight is 1460 g/mol. The molecule has 4 radical (unpaired) electrons. The first kappa shape index (κ1) is 86.3. The predicted molar refractivity (Wildman–Crippen MR) is 340 cm³/mol. The molecule has 0 aromatic carbocycles. The molecule has 12 rings (SSSR count). The Morgan fingerprint density at radius 2 is 0.625 bits per heavy atom. The van der Waals surface area contributed by atoms with Gasteiger partial charge in [0, 0.05) is 72.9 Å². The second-order valence-electron chi connectivity index (χ2n) is 16.5. The van der Waals surface area contributed by atoms with E-state index in [0.29, 0.717) is 69.4 Å². The average Bonchev–Trinajstić information content (AvgIpc) is 1.93. The molecule has 36 nitrogen and oxygen atoms in total. The van der Waals surface area contributed by atoms with Crippen molar-refractivity contribution in [3.05, 3.63) is 284 Å². The Bertz CT molecular complexity index is 3710. The molecule has 0 aliphatic rings. The first-order chi connectivity index (χ1) is 43.8. The van der Waals surface area contributed by atoms with Crippen molar-refractivity contribution >= 4 is 23.3 Å². The molecule has 488 valence electrons. The fourth-order valence-corrected chi connectivity index (χ4v) is 6.17. The molecule has 0 amide bonds. The van der Waals surface area contributed by atoms with Crippen molar-refractivity contribution in [1.29, 1.82) is 0 Å². The van der Waals surface area contributed by atoms with Crippen molar-refractivity contribution in [1.82, 2.24) is 111 Å². The molecule has 12 aromatic rings. The summed E-state index contributed by atoms with van der Waals surface area (Å²) in [6.45, 7) is 7.22. The Balaban J connectivity index is 0. The summed E-state index contributed by atoms with van der Waals surface area (Å²) in [6.07, 6.45) is 13.2. The molecule has 0 spiro atoms. The zero-order valence-electron chi connectivity index (χ0n) is 50.6. The summed E-state index contributed by atoms with van der Waals surface area (Å²) in [5.41, 5.74) is 48.1. The van der Waals surface area contributed by atoms with Crippen LogP contribution in [0, 0.1) is 27.7 Å². The summed E-state index contributed by atoms with van der Waals surface area (Å²) in [5, 5.41) is 57.6. The number of nitrogens with zero attached hydrogens (tertiary/aromatic N) is 30. The molecule has 40 heteroatoms. The van der Waals surface area contributed by atoms with E-state index in [0.717, 1.165) is 22.8 Å². The first-order valence-electron chi connectivity index (χ1n) is 25.8. The molecular weight excluding hydrogens is 1400 g/mol. The van der Waals surface area contributed by atoms with Crippen LogP contribution in [-0.2, 0) is 68.3 Å². The number of hydrogen-bond donors (Lipinski definition) is 4. The van der Waals surface area contributed by atoms with Crippen molar-refractivity contribution < 1.29 is 79.2 Å². The number of aryl methyl sites for hydroxylation is 4. The van der Waals surface area contributed by atoms with Gasteiger partial charge in [0.1, 0.15) is 23.1 Å². The van der Waals surface area contributed by atoms with Crippen LogP contribution in [0.4, 0.5) is 0 Å². The van der Waals surface area contributed by atoms with Crippen LogP contribution >= 0.6 is 0 Å². The SMILES string of the molecule is Cc1n[n-]c(-c2ccccn2)n1.Cc1n[n-]c(-c2ccccn2)n1.Cc1nnc(-c2ccccn2)[n-]1.Cc1nnc(-c2ccccn2)[n-]1.O.O.[Mn+2].[Mn+2].[Mn+2].[Mn+2].[N-]=C(N/N=C(\N)c1ccccn1)c1ccccn1.[N-]=C(N/N=C(\N)c1ccccn1)c1ccccn1.[N-]=[N+]=[N-].[N-]=[N+]=[N-]. The topological polar surface area (TPSA) is 588 Å². The van der Waals surface area contributed by atoms with Crippen LogP contribution in [0.1, 0.15) is 46.1 Å². The van der Waals surface area contributed by atoms with E-state index in [4.69, 9.17) is 33.6 Å². The number of nitrogens with one attached hydrogen (secondary N) is 2. The fraction of sp³-hybridized carbons (Fsp3) is 0.0714. The molecule has 0 aliphatic heterocycles. The van der Waals surface area contributed by atoms with Crippen LogP contribution < -0.4 is 42.5 Å². The van der Waals surface area contributed by atoms with E-state index >= 15 is 0 Å². The monoisotopic (exact) mass is 1450 g/mol.